The molecule has 0 bridgehead atoms. The fraction of sp³-hybridized carbons (Fsp3) is 0.611. The zero-order valence-electron chi connectivity index (χ0n) is 15.4. The molecule has 1 aromatic carbocycles. The highest BCUT2D eigenvalue weighted by Crippen LogP contribution is 2.34. The summed E-state index contributed by atoms with van der Waals surface area (Å²) in [5.41, 5.74) is 7.79. The molecule has 2 saturated heterocycles. The highest BCUT2D eigenvalue weighted by molar-refractivity contribution is 5.81. The van der Waals surface area contributed by atoms with Crippen molar-refractivity contribution in [3.05, 3.63) is 23.8 Å². The topological polar surface area (TPSA) is 66.1 Å². The minimum atomic E-state index is -0.0644. The third-order valence-corrected chi connectivity index (χ3v) is 5.33. The van der Waals surface area contributed by atoms with Gasteiger partial charge in [0.2, 0.25) is 5.91 Å². The fourth-order valence-electron chi connectivity index (χ4n) is 3.72. The zero-order valence-corrected chi connectivity index (χ0v) is 15.4. The van der Waals surface area contributed by atoms with E-state index in [1.54, 1.807) is 14.2 Å². The highest BCUT2D eigenvalue weighted by atomic mass is 16.5. The molecule has 7 nitrogen and oxygen atoms in total. The number of nitrogens with zero attached hydrogens (tertiary/aromatic N) is 2. The average Bonchev–Trinajstić information content (AvgIpc) is 3.09. The minimum Gasteiger partial charge on any atom is -0.493 e. The van der Waals surface area contributed by atoms with Gasteiger partial charge in [0.1, 0.15) is 0 Å². The lowest BCUT2D eigenvalue weighted by molar-refractivity contribution is -0.139. The van der Waals surface area contributed by atoms with Crippen LogP contribution in [0.1, 0.15) is 18.5 Å². The van der Waals surface area contributed by atoms with Gasteiger partial charge in [0.15, 0.2) is 11.5 Å². The lowest BCUT2D eigenvalue weighted by Gasteiger charge is -2.39. The molecule has 0 saturated carbocycles. The molecule has 2 heterocycles. The summed E-state index contributed by atoms with van der Waals surface area (Å²) in [5, 5.41) is 0. The van der Waals surface area contributed by atoms with Crippen molar-refractivity contribution in [3.63, 3.8) is 0 Å². The molecule has 3 atom stereocenters. The summed E-state index contributed by atoms with van der Waals surface area (Å²) in [4.78, 5) is 16.3. The molecule has 25 heavy (non-hydrogen) atoms. The van der Waals surface area contributed by atoms with Gasteiger partial charge in [-0.15, -0.1) is 0 Å². The molecule has 1 amide bonds. The molecule has 7 heteroatoms. The Labute approximate surface area is 149 Å². The number of hydrogen-bond donors (Lipinski definition) is 2. The monoisotopic (exact) mass is 348 g/mol. The van der Waals surface area contributed by atoms with Gasteiger partial charge in [0, 0.05) is 39.1 Å². The van der Waals surface area contributed by atoms with Crippen LogP contribution in [0.25, 0.3) is 0 Å². The predicted molar refractivity (Wildman–Crippen MR) is 95.6 cm³/mol. The number of ether oxygens (including phenoxy) is 2. The smallest absolute Gasteiger partial charge is 0.239 e. The van der Waals surface area contributed by atoms with Crippen LogP contribution in [-0.2, 0) is 4.79 Å². The van der Waals surface area contributed by atoms with Gasteiger partial charge in [-0.3, -0.25) is 15.1 Å². The van der Waals surface area contributed by atoms with Crippen LogP contribution >= 0.6 is 0 Å². The number of carbonyl (C=O) groups is 1. The van der Waals surface area contributed by atoms with Crippen molar-refractivity contribution in [1.29, 1.82) is 0 Å². The first-order valence-corrected chi connectivity index (χ1v) is 8.74. The number of rotatable bonds is 5. The summed E-state index contributed by atoms with van der Waals surface area (Å²) in [6.45, 7) is 5.45. The van der Waals surface area contributed by atoms with Crippen molar-refractivity contribution in [2.45, 2.75) is 19.0 Å². The van der Waals surface area contributed by atoms with Crippen molar-refractivity contribution in [2.24, 2.45) is 5.92 Å². The third kappa shape index (κ3) is 3.58. The first kappa shape index (κ1) is 18.0. The van der Waals surface area contributed by atoms with Crippen molar-refractivity contribution in [1.82, 2.24) is 20.7 Å². The van der Waals surface area contributed by atoms with E-state index in [4.69, 9.17) is 9.47 Å². The van der Waals surface area contributed by atoms with E-state index in [1.807, 2.05) is 31.0 Å². The van der Waals surface area contributed by atoms with Gasteiger partial charge >= 0.3 is 0 Å². The van der Waals surface area contributed by atoms with E-state index >= 15 is 0 Å². The number of hydrogen-bond acceptors (Lipinski definition) is 6. The molecular formula is C18H28N4O3. The number of methoxy groups -OCH3 is 2. The molecule has 138 valence electrons. The van der Waals surface area contributed by atoms with Crippen LogP contribution in [0.3, 0.4) is 0 Å². The van der Waals surface area contributed by atoms with Crippen LogP contribution in [0.5, 0.6) is 11.5 Å². The number of hydrazine groups is 1. The number of carbonyl (C=O) groups excluding carboxylic acids is 1. The maximum absolute atomic E-state index is 12.2. The Balaban J connectivity index is 1.74. The second kappa shape index (κ2) is 7.59. The second-order valence-electron chi connectivity index (χ2n) is 6.81. The summed E-state index contributed by atoms with van der Waals surface area (Å²) in [6, 6.07) is 6.13. The first-order chi connectivity index (χ1) is 12.0. The SMILES string of the molecule is COc1ccc(C2NNCC2CN2CCN(C)C(=O)C2C)cc1OC. The molecule has 3 unspecified atom stereocenters. The van der Waals surface area contributed by atoms with E-state index in [9.17, 15) is 4.79 Å². The molecule has 1 aromatic rings. The zero-order chi connectivity index (χ0) is 18.0. The quantitative estimate of drug-likeness (QED) is 0.814. The van der Waals surface area contributed by atoms with Crippen LogP contribution in [0, 0.1) is 5.92 Å². The first-order valence-electron chi connectivity index (χ1n) is 8.74. The molecule has 2 aliphatic heterocycles. The van der Waals surface area contributed by atoms with E-state index in [2.05, 4.69) is 21.8 Å². The van der Waals surface area contributed by atoms with Gasteiger partial charge in [-0.1, -0.05) is 6.07 Å². The molecule has 0 spiro atoms. The number of benzene rings is 1. The van der Waals surface area contributed by atoms with E-state index in [0.717, 1.165) is 43.2 Å². The lowest BCUT2D eigenvalue weighted by Crippen LogP contribution is -2.55. The Kier molecular flexibility index (Phi) is 5.46. The van der Waals surface area contributed by atoms with E-state index < -0.39 is 0 Å². The molecule has 0 radical (unpaired) electrons. The summed E-state index contributed by atoms with van der Waals surface area (Å²) >= 11 is 0. The molecule has 0 aromatic heterocycles. The molecule has 0 aliphatic carbocycles. The van der Waals surface area contributed by atoms with Gasteiger partial charge in [0.05, 0.1) is 26.3 Å². The Hall–Kier alpha value is -1.83. The largest absolute Gasteiger partial charge is 0.493 e. The summed E-state index contributed by atoms with van der Waals surface area (Å²) in [5.74, 6) is 2.03. The average molecular weight is 348 g/mol. The van der Waals surface area contributed by atoms with Gasteiger partial charge in [-0.05, 0) is 24.6 Å². The number of nitrogens with one attached hydrogen (secondary N) is 2. The van der Waals surface area contributed by atoms with Crippen LogP contribution in [0.2, 0.25) is 0 Å². The van der Waals surface area contributed by atoms with Crippen LogP contribution < -0.4 is 20.3 Å². The maximum atomic E-state index is 12.2. The standard InChI is InChI=1S/C18H28N4O3/c1-12-18(23)21(2)7-8-22(12)11-14-10-19-20-17(14)13-5-6-15(24-3)16(9-13)25-4/h5-6,9,12,14,17,19-20H,7-8,10-11H2,1-4H3. The Bertz CT molecular complexity index is 624. The maximum Gasteiger partial charge on any atom is 0.239 e. The highest BCUT2D eigenvalue weighted by Gasteiger charge is 2.35. The fourth-order valence-corrected chi connectivity index (χ4v) is 3.72. The van der Waals surface area contributed by atoms with Crippen molar-refractivity contribution in [3.8, 4) is 11.5 Å². The Morgan fingerprint density at radius 1 is 1.20 bits per heavy atom. The van der Waals surface area contributed by atoms with Crippen molar-refractivity contribution >= 4 is 5.91 Å². The lowest BCUT2D eigenvalue weighted by atomic mass is 9.93. The van der Waals surface area contributed by atoms with Gasteiger partial charge in [0.25, 0.3) is 0 Å². The summed E-state index contributed by atoms with van der Waals surface area (Å²) in [6.07, 6.45) is 0. The van der Waals surface area contributed by atoms with Gasteiger partial charge < -0.3 is 14.4 Å². The normalized spacial score (nSPS) is 27.6. The minimum absolute atomic E-state index is 0.0644. The van der Waals surface area contributed by atoms with Gasteiger partial charge in [-0.25, -0.2) is 5.43 Å². The molecule has 2 fully saturated rings. The van der Waals surface area contributed by atoms with E-state index in [1.165, 1.54) is 0 Å². The molecular weight excluding hydrogens is 320 g/mol. The predicted octanol–water partition coefficient (Wildman–Crippen LogP) is 0.631. The van der Waals surface area contributed by atoms with Crippen LogP contribution in [0.4, 0.5) is 0 Å². The van der Waals surface area contributed by atoms with Crippen molar-refractivity contribution < 1.29 is 14.3 Å². The molecule has 2 N–H and O–H groups in total. The molecule has 2 aliphatic rings. The second-order valence-corrected chi connectivity index (χ2v) is 6.81. The third-order valence-electron chi connectivity index (χ3n) is 5.33. The van der Waals surface area contributed by atoms with E-state index in [-0.39, 0.29) is 18.0 Å². The summed E-state index contributed by atoms with van der Waals surface area (Å²) < 4.78 is 10.8. The summed E-state index contributed by atoms with van der Waals surface area (Å²) in [7, 11) is 5.17. The number of likely N-dealkylation sites (N-methyl/N-ethyl adjacent to an activating group) is 1. The van der Waals surface area contributed by atoms with Crippen molar-refractivity contribution in [2.75, 3.05) is 47.4 Å². The Morgan fingerprint density at radius 3 is 2.68 bits per heavy atom. The van der Waals surface area contributed by atoms with Crippen LogP contribution in [0.15, 0.2) is 18.2 Å². The van der Waals surface area contributed by atoms with E-state index in [0.29, 0.717) is 5.92 Å². The number of piperazine rings is 1. The number of amides is 1. The van der Waals surface area contributed by atoms with Gasteiger partial charge in [-0.2, -0.15) is 0 Å². The Morgan fingerprint density at radius 2 is 1.96 bits per heavy atom. The van der Waals surface area contributed by atoms with Crippen LogP contribution in [-0.4, -0.2) is 69.2 Å². The molecule has 3 rings (SSSR count).